The van der Waals surface area contributed by atoms with E-state index < -0.39 is 0 Å². The Kier molecular flexibility index (Phi) is 6.78. The summed E-state index contributed by atoms with van der Waals surface area (Å²) in [7, 11) is 0. The maximum atomic E-state index is 2.51. The van der Waals surface area contributed by atoms with Gasteiger partial charge in [-0.15, -0.1) is 0 Å². The number of fused-ring (bicyclic) bond motifs is 13. The Morgan fingerprint density at radius 3 is 1.40 bits per heavy atom. The summed E-state index contributed by atoms with van der Waals surface area (Å²) in [5, 5.41) is 15.6. The summed E-state index contributed by atoms with van der Waals surface area (Å²) >= 11 is 0. The van der Waals surface area contributed by atoms with Crippen LogP contribution in [0.25, 0.3) is 109 Å². The molecule has 0 N–H and O–H groups in total. The van der Waals surface area contributed by atoms with Gasteiger partial charge >= 0.3 is 0 Å². The highest BCUT2D eigenvalue weighted by molar-refractivity contribution is 6.29. The van der Waals surface area contributed by atoms with Crippen molar-refractivity contribution < 1.29 is 0 Å². The molecule has 0 atom stereocenters. The van der Waals surface area contributed by atoms with Crippen LogP contribution >= 0.6 is 0 Å². The quantitative estimate of drug-likeness (QED) is 0.126. The highest BCUT2D eigenvalue weighted by atomic mass is 14.4. The lowest BCUT2D eigenvalue weighted by molar-refractivity contribution is 0.661. The lowest BCUT2D eigenvalue weighted by Crippen LogP contribution is -2.15. The van der Waals surface area contributed by atoms with Crippen LogP contribution in [0.4, 0.5) is 0 Å². The van der Waals surface area contributed by atoms with Crippen LogP contribution in [0.3, 0.4) is 0 Å². The van der Waals surface area contributed by atoms with Crippen LogP contribution in [-0.4, -0.2) is 0 Å². The SMILES string of the molecule is CC1(C)c2cc(-c3c4ccccc4c(-c4cccc(-c5ccc6ccccc6c5)c4)c4ccccc34)ccc2-c2c1ccc1c3ccccc3c3ccccc3c21. The Labute approximate surface area is 332 Å². The van der Waals surface area contributed by atoms with Crippen molar-refractivity contribution in [1.29, 1.82) is 0 Å². The molecule has 0 radical (unpaired) electrons. The van der Waals surface area contributed by atoms with E-state index in [9.17, 15) is 0 Å². The molecule has 0 amide bonds. The monoisotopic (exact) mass is 722 g/mol. The van der Waals surface area contributed by atoms with Gasteiger partial charge in [0.1, 0.15) is 0 Å². The van der Waals surface area contributed by atoms with Crippen LogP contribution in [0.2, 0.25) is 0 Å². The fourth-order valence-corrected chi connectivity index (χ4v) is 10.3. The van der Waals surface area contributed by atoms with Crippen molar-refractivity contribution in [2.24, 2.45) is 0 Å². The second-order valence-electron chi connectivity index (χ2n) is 16.4. The van der Waals surface area contributed by atoms with Crippen molar-refractivity contribution in [3.05, 3.63) is 205 Å². The van der Waals surface area contributed by atoms with E-state index in [4.69, 9.17) is 0 Å². The molecule has 11 aromatic carbocycles. The molecule has 0 saturated heterocycles. The van der Waals surface area contributed by atoms with E-state index in [1.54, 1.807) is 0 Å². The lowest BCUT2D eigenvalue weighted by Gasteiger charge is -2.23. The zero-order valence-corrected chi connectivity index (χ0v) is 32.0. The summed E-state index contributed by atoms with van der Waals surface area (Å²) in [6.07, 6.45) is 0. The molecule has 0 aliphatic heterocycles. The molecule has 0 heterocycles. The molecule has 0 fully saturated rings. The van der Waals surface area contributed by atoms with E-state index in [-0.39, 0.29) is 5.41 Å². The zero-order chi connectivity index (χ0) is 37.8. The molecule has 1 aliphatic carbocycles. The first kappa shape index (κ1) is 32.2. The summed E-state index contributed by atoms with van der Waals surface area (Å²) in [6.45, 7) is 4.83. The Morgan fingerprint density at radius 2 is 0.754 bits per heavy atom. The van der Waals surface area contributed by atoms with Gasteiger partial charge in [0, 0.05) is 5.41 Å². The fourth-order valence-electron chi connectivity index (χ4n) is 10.3. The lowest BCUT2D eigenvalue weighted by atomic mass is 9.80. The van der Waals surface area contributed by atoms with Gasteiger partial charge in [0.15, 0.2) is 0 Å². The van der Waals surface area contributed by atoms with Crippen molar-refractivity contribution >= 4 is 64.6 Å². The second-order valence-corrected chi connectivity index (χ2v) is 16.4. The van der Waals surface area contributed by atoms with E-state index in [0.717, 1.165) is 0 Å². The van der Waals surface area contributed by atoms with Gasteiger partial charge in [-0.25, -0.2) is 0 Å². The standard InChI is InChI=1S/C57H38/c1-57(2)51-31-30-49-43-20-6-5-18-41(43)42-19-7-8-21-44(42)55(49)56(51)50-29-28-40(34-52(50)57)54-47-24-11-9-22-45(47)53(46-23-10-12-25-48(46)54)39-17-13-16-37(33-39)38-27-26-35-14-3-4-15-36(35)32-38/h3-34H,1-2H3. The molecule has 12 rings (SSSR count). The smallest absolute Gasteiger partial charge is 0.0159 e. The summed E-state index contributed by atoms with van der Waals surface area (Å²) in [4.78, 5) is 0. The minimum Gasteiger partial charge on any atom is -0.0616 e. The number of rotatable bonds is 3. The molecular formula is C57H38. The van der Waals surface area contributed by atoms with Crippen molar-refractivity contribution in [2.75, 3.05) is 0 Å². The molecule has 0 bridgehead atoms. The highest BCUT2D eigenvalue weighted by Crippen LogP contribution is 2.55. The van der Waals surface area contributed by atoms with Crippen molar-refractivity contribution in [1.82, 2.24) is 0 Å². The van der Waals surface area contributed by atoms with Gasteiger partial charge in [0.2, 0.25) is 0 Å². The first-order valence-corrected chi connectivity index (χ1v) is 20.1. The topological polar surface area (TPSA) is 0 Å². The third kappa shape index (κ3) is 4.62. The third-order valence-electron chi connectivity index (χ3n) is 13.0. The summed E-state index contributed by atoms with van der Waals surface area (Å²) in [5.74, 6) is 0. The van der Waals surface area contributed by atoms with Gasteiger partial charge in [-0.1, -0.05) is 190 Å². The Morgan fingerprint density at radius 1 is 0.281 bits per heavy atom. The number of hydrogen-bond donors (Lipinski definition) is 0. The number of benzene rings is 11. The van der Waals surface area contributed by atoms with E-state index >= 15 is 0 Å². The minimum absolute atomic E-state index is 0.170. The molecule has 0 unspecified atom stereocenters. The number of hydrogen-bond acceptors (Lipinski definition) is 0. The highest BCUT2D eigenvalue weighted by Gasteiger charge is 2.37. The molecular weight excluding hydrogens is 685 g/mol. The Hall–Kier alpha value is -7.02. The Balaban J connectivity index is 1.08. The van der Waals surface area contributed by atoms with Gasteiger partial charge in [0.05, 0.1) is 0 Å². The molecule has 0 nitrogen and oxygen atoms in total. The van der Waals surface area contributed by atoms with Crippen molar-refractivity contribution in [3.8, 4) is 44.5 Å². The van der Waals surface area contributed by atoms with Crippen LogP contribution in [0, 0.1) is 0 Å². The normalized spacial score (nSPS) is 13.2. The molecule has 0 heteroatoms. The fraction of sp³-hybridized carbons (Fsp3) is 0.0526. The van der Waals surface area contributed by atoms with Crippen LogP contribution in [-0.2, 0) is 5.41 Å². The molecule has 0 aromatic heterocycles. The maximum Gasteiger partial charge on any atom is 0.0159 e. The maximum absolute atomic E-state index is 2.51. The van der Waals surface area contributed by atoms with Gasteiger partial charge in [0.25, 0.3) is 0 Å². The third-order valence-corrected chi connectivity index (χ3v) is 13.0. The summed E-state index contributed by atoms with van der Waals surface area (Å²) < 4.78 is 0. The van der Waals surface area contributed by atoms with E-state index in [1.807, 2.05) is 0 Å². The molecule has 0 spiro atoms. The predicted octanol–water partition coefficient (Wildman–Crippen LogP) is 15.9. The van der Waals surface area contributed by atoms with E-state index in [2.05, 4.69) is 208 Å². The van der Waals surface area contributed by atoms with Gasteiger partial charge in [-0.05, 0) is 138 Å². The van der Waals surface area contributed by atoms with Crippen molar-refractivity contribution in [2.45, 2.75) is 19.3 Å². The average molecular weight is 723 g/mol. The van der Waals surface area contributed by atoms with Crippen LogP contribution < -0.4 is 0 Å². The predicted molar refractivity (Wildman–Crippen MR) is 245 cm³/mol. The van der Waals surface area contributed by atoms with Crippen molar-refractivity contribution in [3.63, 3.8) is 0 Å². The van der Waals surface area contributed by atoms with Gasteiger partial charge in [-0.3, -0.25) is 0 Å². The largest absolute Gasteiger partial charge is 0.0616 e. The molecule has 0 saturated carbocycles. The van der Waals surface area contributed by atoms with Gasteiger partial charge < -0.3 is 0 Å². The van der Waals surface area contributed by atoms with E-state index in [1.165, 1.54) is 120 Å². The van der Waals surface area contributed by atoms with E-state index in [0.29, 0.717) is 0 Å². The first-order chi connectivity index (χ1) is 28.0. The summed E-state index contributed by atoms with van der Waals surface area (Å²) in [5.41, 5.74) is 12.9. The second kappa shape index (κ2) is 12.0. The molecule has 57 heavy (non-hydrogen) atoms. The van der Waals surface area contributed by atoms with Gasteiger partial charge in [-0.2, -0.15) is 0 Å². The van der Waals surface area contributed by atoms with Crippen LogP contribution in [0.5, 0.6) is 0 Å². The molecule has 11 aromatic rings. The first-order valence-electron chi connectivity index (χ1n) is 20.1. The summed E-state index contributed by atoms with van der Waals surface area (Å²) in [6, 6.07) is 72.6. The zero-order valence-electron chi connectivity index (χ0n) is 32.0. The Bertz CT molecular complexity index is 3400. The minimum atomic E-state index is -0.170. The van der Waals surface area contributed by atoms with Crippen LogP contribution in [0.15, 0.2) is 194 Å². The average Bonchev–Trinajstić information content (AvgIpc) is 3.50. The molecule has 1 aliphatic rings. The molecule has 266 valence electrons. The van der Waals surface area contributed by atoms with Crippen LogP contribution in [0.1, 0.15) is 25.0 Å².